The number of hydrogen-bond donors (Lipinski definition) is 2. The highest BCUT2D eigenvalue weighted by Gasteiger charge is 2.18. The number of aromatic nitrogens is 2. The number of amides is 1. The molecule has 0 bridgehead atoms. The van der Waals surface area contributed by atoms with Crippen molar-refractivity contribution in [2.24, 2.45) is 0 Å². The summed E-state index contributed by atoms with van der Waals surface area (Å²) in [7, 11) is 0. The van der Waals surface area contributed by atoms with Crippen molar-refractivity contribution in [1.82, 2.24) is 14.9 Å². The molecule has 0 atom stereocenters. The van der Waals surface area contributed by atoms with E-state index in [2.05, 4.69) is 38.9 Å². The highest BCUT2D eigenvalue weighted by Crippen LogP contribution is 2.21. The van der Waals surface area contributed by atoms with Crippen molar-refractivity contribution < 1.29 is 14.3 Å². The van der Waals surface area contributed by atoms with Gasteiger partial charge in [0.05, 0.1) is 24.6 Å². The van der Waals surface area contributed by atoms with Crippen molar-refractivity contribution in [2.75, 3.05) is 68.5 Å². The summed E-state index contributed by atoms with van der Waals surface area (Å²) in [5.41, 5.74) is 7.27. The monoisotopic (exact) mass is 442 g/mol. The lowest BCUT2D eigenvalue weighted by molar-refractivity contribution is 0.0320. The van der Waals surface area contributed by atoms with E-state index in [-0.39, 0.29) is 11.6 Å². The molecule has 0 aliphatic carbocycles. The standard InChI is InChI=1S/C23H34N6O3/c1-3-9-29(10-4-2)23-26-20(22(30)25-19-8-6-5-7-18(19)24)17-21(27-23)32-16-13-28-11-14-31-15-12-28/h5-8,17H,3-4,9-16,24H2,1-2H3,(H,25,30). The fourth-order valence-corrected chi connectivity index (χ4v) is 3.50. The van der Waals surface area contributed by atoms with Crippen molar-refractivity contribution in [1.29, 1.82) is 0 Å². The van der Waals surface area contributed by atoms with Gasteiger partial charge in [-0.25, -0.2) is 4.98 Å². The Labute approximate surface area is 189 Å². The zero-order valence-electron chi connectivity index (χ0n) is 19.0. The van der Waals surface area contributed by atoms with Gasteiger partial charge in [0, 0.05) is 38.8 Å². The average molecular weight is 443 g/mol. The minimum atomic E-state index is -0.350. The second-order valence-corrected chi connectivity index (χ2v) is 7.72. The number of morpholine rings is 1. The molecule has 3 N–H and O–H groups in total. The molecule has 3 rings (SSSR count). The largest absolute Gasteiger partial charge is 0.476 e. The molecule has 1 aromatic heterocycles. The lowest BCUT2D eigenvalue weighted by Crippen LogP contribution is -2.38. The number of para-hydroxylation sites is 2. The van der Waals surface area contributed by atoms with Crippen LogP contribution in [0.25, 0.3) is 0 Å². The van der Waals surface area contributed by atoms with Crippen molar-refractivity contribution in [3.63, 3.8) is 0 Å². The van der Waals surface area contributed by atoms with Gasteiger partial charge in [-0.05, 0) is 25.0 Å². The van der Waals surface area contributed by atoms with E-state index < -0.39 is 0 Å². The van der Waals surface area contributed by atoms with Crippen LogP contribution in [-0.2, 0) is 4.74 Å². The van der Waals surface area contributed by atoms with E-state index in [1.165, 1.54) is 0 Å². The SMILES string of the molecule is CCCN(CCC)c1nc(OCCN2CCOCC2)cc(C(=O)Nc2ccccc2N)n1. The van der Waals surface area contributed by atoms with Crippen LogP contribution in [0.2, 0.25) is 0 Å². The second-order valence-electron chi connectivity index (χ2n) is 7.72. The summed E-state index contributed by atoms with van der Waals surface area (Å²) in [5.74, 6) is 0.549. The van der Waals surface area contributed by atoms with Gasteiger partial charge in [0.25, 0.3) is 5.91 Å². The minimum Gasteiger partial charge on any atom is -0.476 e. The molecule has 0 spiro atoms. The highest BCUT2D eigenvalue weighted by molar-refractivity contribution is 6.04. The maximum Gasteiger partial charge on any atom is 0.274 e. The van der Waals surface area contributed by atoms with Crippen molar-refractivity contribution >= 4 is 23.2 Å². The smallest absolute Gasteiger partial charge is 0.274 e. The maximum atomic E-state index is 13.0. The van der Waals surface area contributed by atoms with Gasteiger partial charge in [-0.2, -0.15) is 4.98 Å². The number of hydrogen-bond acceptors (Lipinski definition) is 8. The van der Waals surface area contributed by atoms with Gasteiger partial charge in [-0.15, -0.1) is 0 Å². The molecular formula is C23H34N6O3. The number of nitrogen functional groups attached to an aromatic ring is 1. The van der Waals surface area contributed by atoms with Crippen LogP contribution in [0, 0.1) is 0 Å². The summed E-state index contributed by atoms with van der Waals surface area (Å²) in [4.78, 5) is 26.5. The van der Waals surface area contributed by atoms with E-state index in [4.69, 9.17) is 15.2 Å². The van der Waals surface area contributed by atoms with E-state index in [1.54, 1.807) is 18.2 Å². The molecule has 1 aliphatic rings. The van der Waals surface area contributed by atoms with Crippen LogP contribution in [0.1, 0.15) is 37.2 Å². The summed E-state index contributed by atoms with van der Waals surface area (Å²) < 4.78 is 11.3. The van der Waals surface area contributed by atoms with E-state index in [0.29, 0.717) is 29.8 Å². The van der Waals surface area contributed by atoms with Crippen LogP contribution < -0.4 is 20.7 Å². The minimum absolute atomic E-state index is 0.247. The molecule has 1 aliphatic heterocycles. The van der Waals surface area contributed by atoms with E-state index in [1.807, 2.05) is 12.1 Å². The quantitative estimate of drug-likeness (QED) is 0.512. The first-order chi connectivity index (χ1) is 15.6. The predicted molar refractivity (Wildman–Crippen MR) is 126 cm³/mol. The van der Waals surface area contributed by atoms with Crippen LogP contribution in [0.3, 0.4) is 0 Å². The molecule has 0 saturated carbocycles. The maximum absolute atomic E-state index is 13.0. The van der Waals surface area contributed by atoms with Crippen molar-refractivity contribution in [2.45, 2.75) is 26.7 Å². The topological polar surface area (TPSA) is 106 Å². The number of nitrogens with one attached hydrogen (secondary N) is 1. The Morgan fingerprint density at radius 2 is 1.91 bits per heavy atom. The number of rotatable bonds is 11. The van der Waals surface area contributed by atoms with Crippen LogP contribution in [-0.4, -0.2) is 73.3 Å². The number of nitrogens with zero attached hydrogens (tertiary/aromatic N) is 4. The molecule has 9 nitrogen and oxygen atoms in total. The van der Waals surface area contributed by atoms with Gasteiger partial charge in [-0.3, -0.25) is 9.69 Å². The third-order valence-corrected chi connectivity index (χ3v) is 5.16. The number of carbonyl (C=O) groups is 1. The van der Waals surface area contributed by atoms with Gasteiger partial charge in [-0.1, -0.05) is 26.0 Å². The molecule has 174 valence electrons. The summed E-state index contributed by atoms with van der Waals surface area (Å²) in [6.07, 6.45) is 1.90. The van der Waals surface area contributed by atoms with E-state index >= 15 is 0 Å². The van der Waals surface area contributed by atoms with Crippen LogP contribution in [0.5, 0.6) is 5.88 Å². The zero-order chi connectivity index (χ0) is 22.8. The highest BCUT2D eigenvalue weighted by atomic mass is 16.5. The van der Waals surface area contributed by atoms with E-state index in [9.17, 15) is 4.79 Å². The Bertz CT molecular complexity index is 867. The van der Waals surface area contributed by atoms with E-state index in [0.717, 1.165) is 58.8 Å². The fraction of sp³-hybridized carbons (Fsp3) is 0.522. The first kappa shape index (κ1) is 23.7. The molecule has 0 unspecified atom stereocenters. The van der Waals surface area contributed by atoms with Crippen LogP contribution in [0.4, 0.5) is 17.3 Å². The Balaban J connectivity index is 1.78. The van der Waals surface area contributed by atoms with Crippen LogP contribution >= 0.6 is 0 Å². The molecule has 9 heteroatoms. The second kappa shape index (κ2) is 12.2. The van der Waals surface area contributed by atoms with Gasteiger partial charge in [0.2, 0.25) is 11.8 Å². The molecule has 1 amide bonds. The Kier molecular flexibility index (Phi) is 9.06. The Morgan fingerprint density at radius 1 is 1.19 bits per heavy atom. The first-order valence-electron chi connectivity index (χ1n) is 11.3. The number of nitrogens with two attached hydrogens (primary N) is 1. The third-order valence-electron chi connectivity index (χ3n) is 5.16. The fourth-order valence-electron chi connectivity index (χ4n) is 3.50. The molecular weight excluding hydrogens is 408 g/mol. The van der Waals surface area contributed by atoms with Gasteiger partial charge in [0.1, 0.15) is 12.3 Å². The average Bonchev–Trinajstić information content (AvgIpc) is 2.81. The molecule has 2 heterocycles. The zero-order valence-corrected chi connectivity index (χ0v) is 19.0. The third kappa shape index (κ3) is 6.80. The van der Waals surface area contributed by atoms with Gasteiger partial charge < -0.3 is 25.4 Å². The Morgan fingerprint density at radius 3 is 2.59 bits per heavy atom. The lowest BCUT2D eigenvalue weighted by atomic mass is 10.2. The molecule has 1 aromatic carbocycles. The lowest BCUT2D eigenvalue weighted by Gasteiger charge is -2.26. The summed E-state index contributed by atoms with van der Waals surface area (Å²) in [6, 6.07) is 8.73. The van der Waals surface area contributed by atoms with Crippen molar-refractivity contribution in [3.05, 3.63) is 36.0 Å². The van der Waals surface area contributed by atoms with Crippen LogP contribution in [0.15, 0.2) is 30.3 Å². The normalized spacial score (nSPS) is 14.2. The van der Waals surface area contributed by atoms with Gasteiger partial charge >= 0.3 is 0 Å². The summed E-state index contributed by atoms with van der Waals surface area (Å²) in [5, 5.41) is 2.84. The molecule has 32 heavy (non-hydrogen) atoms. The number of carbonyl (C=O) groups excluding carboxylic acids is 1. The molecule has 1 fully saturated rings. The summed E-state index contributed by atoms with van der Waals surface area (Å²) >= 11 is 0. The summed E-state index contributed by atoms with van der Waals surface area (Å²) in [6.45, 7) is 10.4. The number of benzene rings is 1. The van der Waals surface area contributed by atoms with Gasteiger partial charge in [0.15, 0.2) is 0 Å². The number of ether oxygens (including phenoxy) is 2. The predicted octanol–water partition coefficient (Wildman–Crippen LogP) is 2.65. The van der Waals surface area contributed by atoms with Crippen molar-refractivity contribution in [3.8, 4) is 5.88 Å². The Hall–Kier alpha value is -2.91. The molecule has 2 aromatic rings. The number of anilines is 3. The first-order valence-corrected chi connectivity index (χ1v) is 11.3. The molecule has 0 radical (unpaired) electrons. The molecule has 1 saturated heterocycles.